The number of benzene rings is 1. The third-order valence-corrected chi connectivity index (χ3v) is 4.60. The van der Waals surface area contributed by atoms with Crippen LogP contribution < -0.4 is 9.47 Å². The van der Waals surface area contributed by atoms with E-state index in [1.165, 1.54) is 0 Å². The van der Waals surface area contributed by atoms with Crippen molar-refractivity contribution in [1.82, 2.24) is 0 Å². The monoisotopic (exact) mass is 296 g/mol. The summed E-state index contributed by atoms with van der Waals surface area (Å²) < 4.78 is 11.3. The summed E-state index contributed by atoms with van der Waals surface area (Å²) in [5, 5.41) is 9.28. The van der Waals surface area contributed by atoms with Crippen LogP contribution in [0, 0.1) is 5.41 Å². The molecular formula is C15H20O4S. The number of para-hydroxylation sites is 1. The van der Waals surface area contributed by atoms with Crippen molar-refractivity contribution >= 4 is 17.7 Å². The SMILES string of the molecule is COc1cccc(CC(C)(C)C(=O)O)c1OC1CSC1. The zero-order valence-electron chi connectivity index (χ0n) is 12.0. The molecule has 0 atom stereocenters. The predicted octanol–water partition coefficient (Wildman–Crippen LogP) is 2.84. The van der Waals surface area contributed by atoms with Gasteiger partial charge in [-0.05, 0) is 31.9 Å². The quantitative estimate of drug-likeness (QED) is 0.875. The van der Waals surface area contributed by atoms with Crippen LogP contribution in [0.1, 0.15) is 19.4 Å². The predicted molar refractivity (Wildman–Crippen MR) is 79.9 cm³/mol. The van der Waals surface area contributed by atoms with Crippen LogP contribution >= 0.6 is 11.8 Å². The lowest BCUT2D eigenvalue weighted by atomic mass is 9.85. The van der Waals surface area contributed by atoms with Crippen LogP contribution in [0.5, 0.6) is 11.5 Å². The van der Waals surface area contributed by atoms with Crippen LogP contribution in [0.25, 0.3) is 0 Å². The third-order valence-electron chi connectivity index (χ3n) is 3.38. The van der Waals surface area contributed by atoms with Crippen LogP contribution in [0.2, 0.25) is 0 Å². The molecule has 0 saturated carbocycles. The molecule has 5 heteroatoms. The summed E-state index contributed by atoms with van der Waals surface area (Å²) in [6.07, 6.45) is 0.609. The van der Waals surface area contributed by atoms with Gasteiger partial charge in [-0.2, -0.15) is 11.8 Å². The van der Waals surface area contributed by atoms with E-state index in [0.29, 0.717) is 17.9 Å². The van der Waals surface area contributed by atoms with E-state index in [2.05, 4.69) is 0 Å². The minimum Gasteiger partial charge on any atom is -0.493 e. The molecule has 0 aliphatic carbocycles. The van der Waals surface area contributed by atoms with Gasteiger partial charge >= 0.3 is 5.97 Å². The van der Waals surface area contributed by atoms with Crippen molar-refractivity contribution in [3.8, 4) is 11.5 Å². The lowest BCUT2D eigenvalue weighted by Crippen LogP contribution is -2.32. The average Bonchev–Trinajstić information content (AvgIpc) is 2.34. The van der Waals surface area contributed by atoms with E-state index in [4.69, 9.17) is 9.47 Å². The molecule has 20 heavy (non-hydrogen) atoms. The van der Waals surface area contributed by atoms with Gasteiger partial charge in [0.15, 0.2) is 11.5 Å². The maximum atomic E-state index is 11.3. The van der Waals surface area contributed by atoms with Gasteiger partial charge in [0, 0.05) is 11.5 Å². The number of carbonyl (C=O) groups is 1. The van der Waals surface area contributed by atoms with Crippen molar-refractivity contribution < 1.29 is 19.4 Å². The molecule has 0 radical (unpaired) electrons. The average molecular weight is 296 g/mol. The minimum absolute atomic E-state index is 0.197. The number of hydrogen-bond acceptors (Lipinski definition) is 4. The summed E-state index contributed by atoms with van der Waals surface area (Å²) in [5.74, 6) is 2.49. The number of carboxylic acids is 1. The molecule has 1 aromatic carbocycles. The van der Waals surface area contributed by atoms with Crippen molar-refractivity contribution in [2.24, 2.45) is 5.41 Å². The van der Waals surface area contributed by atoms with E-state index >= 15 is 0 Å². The number of thioether (sulfide) groups is 1. The molecule has 0 amide bonds. The van der Waals surface area contributed by atoms with Crippen molar-refractivity contribution in [2.75, 3.05) is 18.6 Å². The van der Waals surface area contributed by atoms with Gasteiger partial charge in [0.25, 0.3) is 0 Å². The first-order valence-corrected chi connectivity index (χ1v) is 7.73. The van der Waals surface area contributed by atoms with Crippen molar-refractivity contribution in [2.45, 2.75) is 26.4 Å². The van der Waals surface area contributed by atoms with Crippen LogP contribution in [0.15, 0.2) is 18.2 Å². The number of ether oxygens (including phenoxy) is 2. The van der Waals surface area contributed by atoms with Gasteiger partial charge < -0.3 is 14.6 Å². The highest BCUT2D eigenvalue weighted by Gasteiger charge is 2.30. The number of aliphatic carboxylic acids is 1. The van der Waals surface area contributed by atoms with Gasteiger partial charge in [-0.25, -0.2) is 0 Å². The van der Waals surface area contributed by atoms with Gasteiger partial charge in [-0.15, -0.1) is 0 Å². The minimum atomic E-state index is -0.834. The zero-order valence-corrected chi connectivity index (χ0v) is 12.8. The number of carboxylic acid groups (broad SMARTS) is 1. The van der Waals surface area contributed by atoms with Crippen molar-refractivity contribution in [3.63, 3.8) is 0 Å². The first-order chi connectivity index (χ1) is 9.44. The lowest BCUT2D eigenvalue weighted by Gasteiger charge is -2.29. The second-order valence-corrected chi connectivity index (χ2v) is 6.67. The Balaban J connectivity index is 2.28. The molecule has 1 heterocycles. The standard InChI is InChI=1S/C15H20O4S/c1-15(2,14(16)17)7-10-5-4-6-12(18-3)13(10)19-11-8-20-9-11/h4-6,11H,7-9H2,1-3H3,(H,16,17). The first kappa shape index (κ1) is 15.0. The summed E-state index contributed by atoms with van der Waals surface area (Å²) in [7, 11) is 1.60. The van der Waals surface area contributed by atoms with E-state index in [1.807, 2.05) is 30.0 Å². The molecule has 1 aliphatic rings. The molecule has 0 spiro atoms. The Morgan fingerprint density at radius 2 is 2.15 bits per heavy atom. The van der Waals surface area contributed by atoms with E-state index < -0.39 is 11.4 Å². The van der Waals surface area contributed by atoms with Crippen LogP contribution in [0.3, 0.4) is 0 Å². The van der Waals surface area contributed by atoms with Gasteiger partial charge in [0.05, 0.1) is 12.5 Å². The summed E-state index contributed by atoms with van der Waals surface area (Å²) in [4.78, 5) is 11.3. The van der Waals surface area contributed by atoms with Gasteiger partial charge in [0.1, 0.15) is 6.10 Å². The molecule has 1 aromatic rings. The summed E-state index contributed by atoms with van der Waals surface area (Å²) in [6, 6.07) is 5.63. The maximum absolute atomic E-state index is 11.3. The highest BCUT2D eigenvalue weighted by atomic mass is 32.2. The van der Waals surface area contributed by atoms with Gasteiger partial charge in [-0.1, -0.05) is 12.1 Å². The fourth-order valence-electron chi connectivity index (χ4n) is 2.00. The molecule has 0 aromatic heterocycles. The largest absolute Gasteiger partial charge is 0.493 e. The molecule has 1 aliphatic heterocycles. The summed E-state index contributed by atoms with van der Waals surface area (Å²) >= 11 is 1.84. The molecule has 4 nitrogen and oxygen atoms in total. The van der Waals surface area contributed by atoms with Crippen molar-refractivity contribution in [1.29, 1.82) is 0 Å². The second kappa shape index (κ2) is 5.95. The van der Waals surface area contributed by atoms with E-state index in [1.54, 1.807) is 21.0 Å². The fourth-order valence-corrected chi connectivity index (χ4v) is 2.56. The Hall–Kier alpha value is -1.36. The zero-order chi connectivity index (χ0) is 14.8. The third kappa shape index (κ3) is 3.20. The Bertz CT molecular complexity index is 495. The maximum Gasteiger partial charge on any atom is 0.309 e. The first-order valence-electron chi connectivity index (χ1n) is 6.57. The number of hydrogen-bond donors (Lipinski definition) is 1. The van der Waals surface area contributed by atoms with Crippen LogP contribution in [-0.4, -0.2) is 35.8 Å². The Labute approximate surface area is 123 Å². The molecule has 2 rings (SSSR count). The lowest BCUT2D eigenvalue weighted by molar-refractivity contribution is -0.146. The molecule has 110 valence electrons. The summed E-state index contributed by atoms with van der Waals surface area (Å²) in [5.41, 5.74) is 0.0485. The molecule has 1 N–H and O–H groups in total. The molecular weight excluding hydrogens is 276 g/mol. The van der Waals surface area contributed by atoms with Crippen LogP contribution in [0.4, 0.5) is 0 Å². The normalized spacial score (nSPS) is 15.6. The Morgan fingerprint density at radius 1 is 1.45 bits per heavy atom. The van der Waals surface area contributed by atoms with Crippen molar-refractivity contribution in [3.05, 3.63) is 23.8 Å². The molecule has 0 unspecified atom stereocenters. The Kier molecular flexibility index (Phi) is 4.48. The highest BCUT2D eigenvalue weighted by molar-refractivity contribution is 8.00. The summed E-state index contributed by atoms with van der Waals surface area (Å²) in [6.45, 7) is 3.44. The molecule has 1 fully saturated rings. The van der Waals surface area contributed by atoms with E-state index in [9.17, 15) is 9.90 Å². The topological polar surface area (TPSA) is 55.8 Å². The van der Waals surface area contributed by atoms with E-state index in [0.717, 1.165) is 17.1 Å². The molecule has 1 saturated heterocycles. The van der Waals surface area contributed by atoms with Gasteiger partial charge in [-0.3, -0.25) is 4.79 Å². The number of rotatable bonds is 6. The van der Waals surface area contributed by atoms with E-state index in [-0.39, 0.29) is 6.10 Å². The fraction of sp³-hybridized carbons (Fsp3) is 0.533. The highest BCUT2D eigenvalue weighted by Crippen LogP contribution is 2.37. The van der Waals surface area contributed by atoms with Gasteiger partial charge in [0.2, 0.25) is 0 Å². The smallest absolute Gasteiger partial charge is 0.309 e. The van der Waals surface area contributed by atoms with Crippen LogP contribution in [-0.2, 0) is 11.2 Å². The second-order valence-electron chi connectivity index (χ2n) is 5.59. The molecule has 0 bridgehead atoms. The Morgan fingerprint density at radius 3 is 2.65 bits per heavy atom. The number of methoxy groups -OCH3 is 1.